The lowest BCUT2D eigenvalue weighted by atomic mass is 10.2. The topological polar surface area (TPSA) is 62.1 Å². The van der Waals surface area contributed by atoms with Crippen LogP contribution in [0.1, 0.15) is 12.5 Å². The number of nitrogens with one attached hydrogen (secondary N) is 1. The first-order valence-corrected chi connectivity index (χ1v) is 7.36. The van der Waals surface area contributed by atoms with Gasteiger partial charge in [0.1, 0.15) is 17.4 Å². The van der Waals surface area contributed by atoms with Crippen LogP contribution in [-0.4, -0.2) is 12.5 Å². The Labute approximate surface area is 127 Å². The molecule has 1 N–H and O–H groups in total. The maximum Gasteiger partial charge on any atom is 0.266 e. The summed E-state index contributed by atoms with van der Waals surface area (Å²) in [5.41, 5.74) is 1.44. The molecule has 21 heavy (non-hydrogen) atoms. The van der Waals surface area contributed by atoms with Gasteiger partial charge in [-0.1, -0.05) is 12.1 Å². The van der Waals surface area contributed by atoms with Crippen LogP contribution in [0.15, 0.2) is 46.7 Å². The van der Waals surface area contributed by atoms with Gasteiger partial charge in [0.2, 0.25) is 0 Å². The lowest BCUT2D eigenvalue weighted by molar-refractivity contribution is -0.112. The minimum absolute atomic E-state index is 0.0553. The predicted octanol–water partition coefficient (Wildman–Crippen LogP) is 3.69. The number of ether oxygens (including phenoxy) is 1. The van der Waals surface area contributed by atoms with Crippen molar-refractivity contribution in [3.05, 3.63) is 52.2 Å². The molecule has 5 heteroatoms. The van der Waals surface area contributed by atoms with Gasteiger partial charge in [0.15, 0.2) is 0 Å². The van der Waals surface area contributed by atoms with Crippen LogP contribution in [0, 0.1) is 11.3 Å². The van der Waals surface area contributed by atoms with E-state index in [-0.39, 0.29) is 5.57 Å². The Balaban J connectivity index is 2.19. The Morgan fingerprint density at radius 1 is 1.43 bits per heavy atom. The van der Waals surface area contributed by atoms with Crippen molar-refractivity contribution in [3.63, 3.8) is 0 Å². The number of hydrogen-bond acceptors (Lipinski definition) is 4. The van der Waals surface area contributed by atoms with Crippen molar-refractivity contribution in [1.29, 1.82) is 5.26 Å². The van der Waals surface area contributed by atoms with E-state index in [1.54, 1.807) is 24.3 Å². The minimum Gasteiger partial charge on any atom is -0.492 e. The van der Waals surface area contributed by atoms with Crippen LogP contribution in [0.2, 0.25) is 0 Å². The highest BCUT2D eigenvalue weighted by atomic mass is 32.1. The smallest absolute Gasteiger partial charge is 0.266 e. The van der Waals surface area contributed by atoms with Crippen molar-refractivity contribution < 1.29 is 9.53 Å². The molecule has 2 rings (SSSR count). The number of anilines is 1. The number of benzene rings is 1. The zero-order valence-electron chi connectivity index (χ0n) is 11.5. The van der Waals surface area contributed by atoms with Crippen molar-refractivity contribution in [2.75, 3.05) is 11.9 Å². The summed E-state index contributed by atoms with van der Waals surface area (Å²) in [5, 5.41) is 15.6. The highest BCUT2D eigenvalue weighted by Gasteiger charge is 2.12. The first-order chi connectivity index (χ1) is 10.2. The Kier molecular flexibility index (Phi) is 5.13. The van der Waals surface area contributed by atoms with Crippen LogP contribution >= 0.6 is 11.3 Å². The quantitative estimate of drug-likeness (QED) is 0.676. The molecule has 1 aromatic heterocycles. The molecule has 0 fully saturated rings. The number of carbonyl (C=O) groups excluding carboxylic acids is 1. The van der Waals surface area contributed by atoms with Crippen molar-refractivity contribution in [1.82, 2.24) is 0 Å². The molecule has 1 aromatic carbocycles. The lowest BCUT2D eigenvalue weighted by Gasteiger charge is -2.10. The third kappa shape index (κ3) is 3.94. The number of nitrogens with zero attached hydrogens (tertiary/aromatic N) is 1. The molecule has 0 saturated carbocycles. The maximum absolute atomic E-state index is 12.2. The molecule has 0 atom stereocenters. The van der Waals surface area contributed by atoms with Gasteiger partial charge >= 0.3 is 0 Å². The van der Waals surface area contributed by atoms with Crippen LogP contribution in [0.5, 0.6) is 5.75 Å². The molecule has 1 heterocycles. The molecule has 0 aliphatic carbocycles. The average molecular weight is 298 g/mol. The van der Waals surface area contributed by atoms with Gasteiger partial charge in [-0.25, -0.2) is 0 Å². The van der Waals surface area contributed by atoms with E-state index in [2.05, 4.69) is 5.32 Å². The number of amides is 1. The summed E-state index contributed by atoms with van der Waals surface area (Å²) in [5.74, 6) is 0.136. The first-order valence-electron chi connectivity index (χ1n) is 6.41. The molecule has 1 amide bonds. The van der Waals surface area contributed by atoms with E-state index >= 15 is 0 Å². The first kappa shape index (κ1) is 14.8. The molecule has 4 nitrogen and oxygen atoms in total. The largest absolute Gasteiger partial charge is 0.492 e. The highest BCUT2D eigenvalue weighted by molar-refractivity contribution is 7.08. The number of para-hydroxylation sites is 2. The second-order valence-corrected chi connectivity index (χ2v) is 4.89. The van der Waals surface area contributed by atoms with Gasteiger partial charge in [-0.05, 0) is 47.5 Å². The summed E-state index contributed by atoms with van der Waals surface area (Å²) in [6.45, 7) is 2.37. The van der Waals surface area contributed by atoms with Gasteiger partial charge in [0, 0.05) is 0 Å². The number of thiophene rings is 1. The van der Waals surface area contributed by atoms with E-state index in [1.165, 1.54) is 11.3 Å². The fourth-order valence-electron chi connectivity index (χ4n) is 1.71. The molecular weight excluding hydrogens is 284 g/mol. The van der Waals surface area contributed by atoms with E-state index in [4.69, 9.17) is 10.00 Å². The van der Waals surface area contributed by atoms with Crippen LogP contribution in [0.3, 0.4) is 0 Å². The molecule has 2 aromatic rings. The van der Waals surface area contributed by atoms with Crippen LogP contribution < -0.4 is 10.1 Å². The predicted molar refractivity (Wildman–Crippen MR) is 84.1 cm³/mol. The standard InChI is InChI=1S/C16H14N2O2S/c1-2-20-15-6-4-3-5-14(15)18-16(19)13(10-17)9-12-7-8-21-11-12/h3-9,11H,2H2,1H3,(H,18,19)/b13-9+. The summed E-state index contributed by atoms with van der Waals surface area (Å²) in [4.78, 5) is 12.2. The number of nitriles is 1. The molecule has 0 spiro atoms. The second kappa shape index (κ2) is 7.27. The maximum atomic E-state index is 12.2. The van der Waals surface area contributed by atoms with Gasteiger partial charge in [0.25, 0.3) is 5.91 Å². The number of hydrogen-bond donors (Lipinski definition) is 1. The molecule has 0 unspecified atom stereocenters. The third-order valence-electron chi connectivity index (χ3n) is 2.65. The second-order valence-electron chi connectivity index (χ2n) is 4.11. The van der Waals surface area contributed by atoms with E-state index in [9.17, 15) is 4.79 Å². The van der Waals surface area contributed by atoms with E-state index in [0.29, 0.717) is 18.0 Å². The summed E-state index contributed by atoms with van der Waals surface area (Å²) in [6.07, 6.45) is 1.56. The van der Waals surface area contributed by atoms with Crippen molar-refractivity contribution in [2.45, 2.75) is 6.92 Å². The minimum atomic E-state index is -0.448. The average Bonchev–Trinajstić information content (AvgIpc) is 3.00. The summed E-state index contributed by atoms with van der Waals surface area (Å²) < 4.78 is 5.44. The van der Waals surface area contributed by atoms with Gasteiger partial charge in [-0.15, -0.1) is 0 Å². The highest BCUT2D eigenvalue weighted by Crippen LogP contribution is 2.24. The molecule has 0 bridgehead atoms. The monoisotopic (exact) mass is 298 g/mol. The van der Waals surface area contributed by atoms with Crippen LogP contribution in [0.4, 0.5) is 5.69 Å². The third-order valence-corrected chi connectivity index (χ3v) is 3.36. The van der Waals surface area contributed by atoms with Crippen LogP contribution in [0.25, 0.3) is 6.08 Å². The summed E-state index contributed by atoms with van der Waals surface area (Å²) >= 11 is 1.51. The zero-order valence-corrected chi connectivity index (χ0v) is 12.3. The van der Waals surface area contributed by atoms with Crippen molar-refractivity contribution >= 4 is 29.0 Å². The fourth-order valence-corrected chi connectivity index (χ4v) is 2.33. The Hall–Kier alpha value is -2.58. The summed E-state index contributed by atoms with van der Waals surface area (Å²) in [6, 6.07) is 10.9. The normalized spacial score (nSPS) is 10.8. The van der Waals surface area contributed by atoms with Crippen molar-refractivity contribution in [3.8, 4) is 11.8 Å². The fraction of sp³-hybridized carbons (Fsp3) is 0.125. The van der Waals surface area contributed by atoms with Crippen molar-refractivity contribution in [2.24, 2.45) is 0 Å². The summed E-state index contributed by atoms with van der Waals surface area (Å²) in [7, 11) is 0. The number of rotatable bonds is 5. The van der Waals surface area contributed by atoms with Crippen LogP contribution in [-0.2, 0) is 4.79 Å². The Bertz CT molecular complexity index is 685. The van der Waals surface area contributed by atoms with Gasteiger partial charge in [-0.3, -0.25) is 4.79 Å². The molecule has 0 aliphatic heterocycles. The van der Waals surface area contributed by atoms with Gasteiger partial charge in [-0.2, -0.15) is 16.6 Å². The van der Waals surface area contributed by atoms with Gasteiger partial charge in [0.05, 0.1) is 12.3 Å². The Morgan fingerprint density at radius 3 is 2.90 bits per heavy atom. The SMILES string of the molecule is CCOc1ccccc1NC(=O)/C(C#N)=C/c1ccsc1. The van der Waals surface area contributed by atoms with E-state index in [1.807, 2.05) is 35.9 Å². The molecular formula is C16H14N2O2S. The van der Waals surface area contributed by atoms with E-state index in [0.717, 1.165) is 5.56 Å². The lowest BCUT2D eigenvalue weighted by Crippen LogP contribution is -2.14. The molecule has 0 saturated heterocycles. The molecule has 106 valence electrons. The van der Waals surface area contributed by atoms with Gasteiger partial charge < -0.3 is 10.1 Å². The number of carbonyl (C=O) groups is 1. The molecule has 0 aliphatic rings. The van der Waals surface area contributed by atoms with E-state index < -0.39 is 5.91 Å². The zero-order chi connectivity index (χ0) is 15.1. The Morgan fingerprint density at radius 2 is 2.24 bits per heavy atom. The molecule has 0 radical (unpaired) electrons.